The zero-order valence-corrected chi connectivity index (χ0v) is 9.61. The van der Waals surface area contributed by atoms with E-state index in [2.05, 4.69) is 30.7 Å². The topological polar surface area (TPSA) is 32.5 Å². The predicted molar refractivity (Wildman–Crippen MR) is 59.2 cm³/mol. The van der Waals surface area contributed by atoms with Crippen molar-refractivity contribution in [3.05, 3.63) is 0 Å². The van der Waals surface area contributed by atoms with Gasteiger partial charge >= 0.3 is 0 Å². The molecule has 0 aromatic rings. The smallest absolute Gasteiger partial charge is 0.0238 e. The van der Waals surface area contributed by atoms with Gasteiger partial charge in [0, 0.05) is 37.8 Å². The summed E-state index contributed by atoms with van der Waals surface area (Å²) in [6.45, 7) is 8.12. The van der Waals surface area contributed by atoms with Crippen LogP contribution in [-0.4, -0.2) is 54.6 Å². The lowest BCUT2D eigenvalue weighted by molar-refractivity contribution is 0.234. The van der Waals surface area contributed by atoms with E-state index in [0.29, 0.717) is 12.0 Å². The van der Waals surface area contributed by atoms with Gasteiger partial charge < -0.3 is 10.6 Å². The number of rotatable bonds is 1. The SMILES string of the molecule is CC1CN(C2CC(C)N(C)C2)CC1N. The molecule has 82 valence electrons. The molecule has 0 saturated carbocycles. The molecule has 2 aliphatic heterocycles. The Morgan fingerprint density at radius 3 is 2.29 bits per heavy atom. The summed E-state index contributed by atoms with van der Waals surface area (Å²) < 4.78 is 0. The van der Waals surface area contributed by atoms with Crippen LogP contribution in [0, 0.1) is 5.92 Å². The highest BCUT2D eigenvalue weighted by Gasteiger charge is 2.36. The molecule has 2 N–H and O–H groups in total. The minimum absolute atomic E-state index is 0.399. The van der Waals surface area contributed by atoms with Crippen LogP contribution >= 0.6 is 0 Å². The van der Waals surface area contributed by atoms with Crippen LogP contribution in [-0.2, 0) is 0 Å². The maximum Gasteiger partial charge on any atom is 0.0238 e. The zero-order valence-electron chi connectivity index (χ0n) is 9.61. The number of hydrogen-bond acceptors (Lipinski definition) is 3. The van der Waals surface area contributed by atoms with Crippen molar-refractivity contribution in [1.29, 1.82) is 0 Å². The van der Waals surface area contributed by atoms with Crippen molar-refractivity contribution >= 4 is 0 Å². The molecule has 0 aliphatic carbocycles. The number of nitrogens with two attached hydrogens (primary N) is 1. The van der Waals surface area contributed by atoms with Gasteiger partial charge in [0.25, 0.3) is 0 Å². The summed E-state index contributed by atoms with van der Waals surface area (Å²) in [6.07, 6.45) is 1.32. The van der Waals surface area contributed by atoms with Gasteiger partial charge in [-0.05, 0) is 26.3 Å². The molecule has 0 amide bonds. The Labute approximate surface area is 87.2 Å². The van der Waals surface area contributed by atoms with E-state index in [0.717, 1.165) is 18.6 Å². The van der Waals surface area contributed by atoms with Crippen LogP contribution in [0.1, 0.15) is 20.3 Å². The van der Waals surface area contributed by atoms with Crippen LogP contribution < -0.4 is 5.73 Å². The van der Waals surface area contributed by atoms with Crippen LogP contribution in [0.2, 0.25) is 0 Å². The second-order valence-corrected chi connectivity index (χ2v) is 5.27. The van der Waals surface area contributed by atoms with E-state index in [9.17, 15) is 0 Å². The Bertz CT molecular complexity index is 165. The first-order valence-corrected chi connectivity index (χ1v) is 5.77. The highest BCUT2D eigenvalue weighted by molar-refractivity contribution is 4.93. The van der Waals surface area contributed by atoms with E-state index in [1.54, 1.807) is 0 Å². The third-order valence-electron chi connectivity index (χ3n) is 4.08. The van der Waals surface area contributed by atoms with Crippen molar-refractivity contribution in [1.82, 2.24) is 9.80 Å². The maximum atomic E-state index is 6.05. The van der Waals surface area contributed by atoms with Gasteiger partial charge in [0.15, 0.2) is 0 Å². The van der Waals surface area contributed by atoms with Crippen molar-refractivity contribution in [2.24, 2.45) is 11.7 Å². The molecule has 0 bridgehead atoms. The number of hydrogen-bond donors (Lipinski definition) is 1. The summed E-state index contributed by atoms with van der Waals surface area (Å²) >= 11 is 0. The maximum absolute atomic E-state index is 6.05. The molecule has 2 rings (SSSR count). The fraction of sp³-hybridized carbons (Fsp3) is 1.00. The van der Waals surface area contributed by atoms with Crippen LogP contribution in [0.25, 0.3) is 0 Å². The monoisotopic (exact) mass is 197 g/mol. The van der Waals surface area contributed by atoms with Crippen molar-refractivity contribution in [3.8, 4) is 0 Å². The summed E-state index contributed by atoms with van der Waals surface area (Å²) in [6, 6.07) is 1.90. The molecule has 0 spiro atoms. The Morgan fingerprint density at radius 2 is 1.86 bits per heavy atom. The van der Waals surface area contributed by atoms with Gasteiger partial charge in [0.2, 0.25) is 0 Å². The summed E-state index contributed by atoms with van der Waals surface area (Å²) in [5.41, 5.74) is 6.05. The fourth-order valence-corrected chi connectivity index (χ4v) is 2.75. The second-order valence-electron chi connectivity index (χ2n) is 5.27. The summed E-state index contributed by atoms with van der Waals surface area (Å²) in [4.78, 5) is 5.05. The van der Waals surface area contributed by atoms with Gasteiger partial charge in [-0.25, -0.2) is 0 Å². The molecular formula is C11H23N3. The van der Waals surface area contributed by atoms with E-state index in [1.165, 1.54) is 19.5 Å². The Hall–Kier alpha value is -0.120. The van der Waals surface area contributed by atoms with Crippen molar-refractivity contribution in [2.45, 2.75) is 38.4 Å². The lowest BCUT2D eigenvalue weighted by atomic mass is 10.1. The average Bonchev–Trinajstić information content (AvgIpc) is 2.60. The first-order chi connectivity index (χ1) is 6.58. The third-order valence-corrected chi connectivity index (χ3v) is 4.08. The van der Waals surface area contributed by atoms with Gasteiger partial charge in [-0.1, -0.05) is 6.92 Å². The zero-order chi connectivity index (χ0) is 10.3. The molecule has 3 nitrogen and oxygen atoms in total. The van der Waals surface area contributed by atoms with Gasteiger partial charge in [0.05, 0.1) is 0 Å². The minimum Gasteiger partial charge on any atom is -0.326 e. The van der Waals surface area contributed by atoms with E-state index < -0.39 is 0 Å². The summed E-state index contributed by atoms with van der Waals surface area (Å²) in [5, 5.41) is 0. The molecule has 3 heteroatoms. The molecule has 14 heavy (non-hydrogen) atoms. The first-order valence-electron chi connectivity index (χ1n) is 5.77. The molecule has 2 fully saturated rings. The van der Waals surface area contributed by atoms with Gasteiger partial charge in [-0.3, -0.25) is 4.90 Å². The largest absolute Gasteiger partial charge is 0.326 e. The molecule has 2 saturated heterocycles. The molecule has 4 atom stereocenters. The number of likely N-dealkylation sites (N-methyl/N-ethyl adjacent to an activating group) is 1. The molecule has 4 unspecified atom stereocenters. The normalized spacial score (nSPS) is 46.3. The van der Waals surface area contributed by atoms with Crippen LogP contribution in [0.15, 0.2) is 0 Å². The number of likely N-dealkylation sites (tertiary alicyclic amines) is 2. The molecule has 0 aromatic heterocycles. The number of nitrogens with zero attached hydrogens (tertiary/aromatic N) is 2. The molecule has 2 heterocycles. The summed E-state index contributed by atoms with van der Waals surface area (Å²) in [5.74, 6) is 0.677. The van der Waals surface area contributed by atoms with Crippen molar-refractivity contribution in [3.63, 3.8) is 0 Å². The third kappa shape index (κ3) is 1.81. The Balaban J connectivity index is 1.92. The quantitative estimate of drug-likeness (QED) is 0.659. The average molecular weight is 197 g/mol. The minimum atomic E-state index is 0.399. The van der Waals surface area contributed by atoms with Gasteiger partial charge in [-0.2, -0.15) is 0 Å². The van der Waals surface area contributed by atoms with E-state index in [-0.39, 0.29) is 0 Å². The highest BCUT2D eigenvalue weighted by atomic mass is 15.3. The standard InChI is InChI=1S/C11H23N3/c1-8-5-14(7-11(8)12)10-4-9(2)13(3)6-10/h8-11H,4-7,12H2,1-3H3. The van der Waals surface area contributed by atoms with E-state index in [1.807, 2.05) is 0 Å². The van der Waals surface area contributed by atoms with Crippen molar-refractivity contribution in [2.75, 3.05) is 26.7 Å². The first kappa shape index (κ1) is 10.4. The molecular weight excluding hydrogens is 174 g/mol. The van der Waals surface area contributed by atoms with E-state index in [4.69, 9.17) is 5.73 Å². The Morgan fingerprint density at radius 1 is 1.14 bits per heavy atom. The van der Waals surface area contributed by atoms with Crippen molar-refractivity contribution < 1.29 is 0 Å². The predicted octanol–water partition coefficient (Wildman–Crippen LogP) is 0.358. The molecule has 2 aliphatic rings. The lowest BCUT2D eigenvalue weighted by Gasteiger charge is -2.23. The fourth-order valence-electron chi connectivity index (χ4n) is 2.75. The van der Waals surface area contributed by atoms with Crippen LogP contribution in [0.3, 0.4) is 0 Å². The van der Waals surface area contributed by atoms with Gasteiger partial charge in [0.1, 0.15) is 0 Å². The Kier molecular flexibility index (Phi) is 2.82. The molecule has 0 radical (unpaired) electrons. The summed E-state index contributed by atoms with van der Waals surface area (Å²) in [7, 11) is 2.23. The van der Waals surface area contributed by atoms with Gasteiger partial charge in [-0.15, -0.1) is 0 Å². The van der Waals surface area contributed by atoms with Crippen LogP contribution in [0.5, 0.6) is 0 Å². The highest BCUT2D eigenvalue weighted by Crippen LogP contribution is 2.25. The van der Waals surface area contributed by atoms with Crippen LogP contribution in [0.4, 0.5) is 0 Å². The van der Waals surface area contributed by atoms with E-state index >= 15 is 0 Å². The lowest BCUT2D eigenvalue weighted by Crippen LogP contribution is -2.37. The molecule has 0 aromatic carbocycles. The second kappa shape index (κ2) is 3.80.